The molecule has 12 rings (SSSR count). The molecule has 5 heteroatoms. The molecular weight excluding hydrogens is 827 g/mol. The molecular formula is C63H41N5. The van der Waals surface area contributed by atoms with Gasteiger partial charge in [0.2, 0.25) is 0 Å². The second kappa shape index (κ2) is 17.7. The normalized spacial score (nSPS) is 11.2. The Bertz CT molecular complexity index is 3540. The SMILES string of the molecule is c1ccc(-c2cc(-c3cc(-c4nc(-c5ccccc5)cc(-c5ccc6ccccc6c5)n4)cc(-c4nc(-c5ccccc5)cc(-c5ccc6ccccc6c5)n4)c3)cc(-c3ccccc3)n2)cc1. The van der Waals surface area contributed by atoms with Crippen LogP contribution >= 0.6 is 0 Å². The van der Waals surface area contributed by atoms with Crippen molar-refractivity contribution in [3.8, 4) is 101 Å². The number of pyridine rings is 1. The van der Waals surface area contributed by atoms with Crippen LogP contribution < -0.4 is 0 Å². The summed E-state index contributed by atoms with van der Waals surface area (Å²) in [7, 11) is 0. The van der Waals surface area contributed by atoms with Gasteiger partial charge in [-0.3, -0.25) is 0 Å². The van der Waals surface area contributed by atoms with Crippen LogP contribution in [0, 0.1) is 0 Å². The van der Waals surface area contributed by atoms with Crippen molar-refractivity contribution in [2.75, 3.05) is 0 Å². The Morgan fingerprint density at radius 1 is 0.162 bits per heavy atom. The van der Waals surface area contributed by atoms with Crippen LogP contribution in [-0.2, 0) is 0 Å². The maximum Gasteiger partial charge on any atom is 0.160 e. The highest BCUT2D eigenvalue weighted by molar-refractivity contribution is 5.90. The zero-order chi connectivity index (χ0) is 45.2. The fourth-order valence-corrected chi connectivity index (χ4v) is 8.92. The quantitative estimate of drug-likeness (QED) is 0.145. The van der Waals surface area contributed by atoms with Gasteiger partial charge in [0.15, 0.2) is 11.6 Å². The van der Waals surface area contributed by atoms with Crippen LogP contribution in [0.3, 0.4) is 0 Å². The zero-order valence-corrected chi connectivity index (χ0v) is 36.9. The van der Waals surface area contributed by atoms with Gasteiger partial charge in [-0.15, -0.1) is 0 Å². The van der Waals surface area contributed by atoms with E-state index in [-0.39, 0.29) is 0 Å². The van der Waals surface area contributed by atoms with E-state index >= 15 is 0 Å². The van der Waals surface area contributed by atoms with Crippen LogP contribution in [0.25, 0.3) is 123 Å². The highest BCUT2D eigenvalue weighted by Gasteiger charge is 2.19. The Balaban J connectivity index is 1.12. The summed E-state index contributed by atoms with van der Waals surface area (Å²) in [6.07, 6.45) is 0. The Kier molecular flexibility index (Phi) is 10.5. The summed E-state index contributed by atoms with van der Waals surface area (Å²) in [6.45, 7) is 0. The van der Waals surface area contributed by atoms with Crippen molar-refractivity contribution < 1.29 is 0 Å². The molecule has 0 aliphatic carbocycles. The van der Waals surface area contributed by atoms with Crippen molar-refractivity contribution in [2.45, 2.75) is 0 Å². The van der Waals surface area contributed by atoms with Crippen molar-refractivity contribution in [3.63, 3.8) is 0 Å². The molecule has 0 saturated heterocycles. The van der Waals surface area contributed by atoms with E-state index in [9.17, 15) is 0 Å². The second-order valence-corrected chi connectivity index (χ2v) is 16.9. The standard InChI is InChI=1S/C63H41N5/c1-5-19-44(20-6-1)56-38-53(39-57(64-56)45-21-7-2-8-22-45)52-35-54(62-65-58(46-23-9-3-10-24-46)40-60(67-62)50-31-29-42-17-13-15-27-48(42)33-50)37-55(36-52)63-66-59(47-25-11-4-12-26-47)41-61(68-63)51-32-30-43-18-14-16-28-49(43)34-51/h1-41H. The minimum absolute atomic E-state index is 0.590. The van der Waals surface area contributed by atoms with Crippen LogP contribution in [0.5, 0.6) is 0 Å². The van der Waals surface area contributed by atoms with Crippen LogP contribution in [0.15, 0.2) is 249 Å². The lowest BCUT2D eigenvalue weighted by molar-refractivity contribution is 1.17. The van der Waals surface area contributed by atoms with Gasteiger partial charge < -0.3 is 0 Å². The molecule has 0 spiro atoms. The molecule has 0 radical (unpaired) electrons. The Morgan fingerprint density at radius 3 is 0.838 bits per heavy atom. The van der Waals surface area contributed by atoms with Gasteiger partial charge in [0.25, 0.3) is 0 Å². The van der Waals surface area contributed by atoms with E-state index in [1.54, 1.807) is 0 Å². The smallest absolute Gasteiger partial charge is 0.160 e. The first-order valence-corrected chi connectivity index (χ1v) is 22.8. The molecule has 0 atom stereocenters. The van der Waals surface area contributed by atoms with Gasteiger partial charge in [0.1, 0.15) is 0 Å². The molecule has 12 aromatic rings. The van der Waals surface area contributed by atoms with E-state index < -0.39 is 0 Å². The van der Waals surface area contributed by atoms with E-state index in [1.165, 1.54) is 10.8 Å². The maximum atomic E-state index is 5.40. The molecule has 0 N–H and O–H groups in total. The third-order valence-electron chi connectivity index (χ3n) is 12.4. The highest BCUT2D eigenvalue weighted by Crippen LogP contribution is 2.38. The topological polar surface area (TPSA) is 64.5 Å². The summed E-state index contributed by atoms with van der Waals surface area (Å²) in [5, 5.41) is 4.65. The molecule has 0 unspecified atom stereocenters. The van der Waals surface area contributed by atoms with Gasteiger partial charge in [-0.2, -0.15) is 0 Å². The monoisotopic (exact) mass is 867 g/mol. The van der Waals surface area contributed by atoms with Crippen LogP contribution in [0.1, 0.15) is 0 Å². The van der Waals surface area contributed by atoms with Gasteiger partial charge in [0, 0.05) is 44.5 Å². The lowest BCUT2D eigenvalue weighted by atomic mass is 9.95. The number of hydrogen-bond acceptors (Lipinski definition) is 5. The third kappa shape index (κ3) is 8.21. The van der Waals surface area contributed by atoms with E-state index in [0.717, 1.165) is 101 Å². The Hall–Kier alpha value is -9.19. The average molecular weight is 868 g/mol. The fraction of sp³-hybridized carbons (Fsp3) is 0. The van der Waals surface area contributed by atoms with Crippen molar-refractivity contribution in [1.82, 2.24) is 24.9 Å². The number of fused-ring (bicyclic) bond motifs is 2. The van der Waals surface area contributed by atoms with E-state index in [2.05, 4.69) is 200 Å². The van der Waals surface area contributed by atoms with Gasteiger partial charge in [-0.1, -0.05) is 194 Å². The van der Waals surface area contributed by atoms with Crippen molar-refractivity contribution in [1.29, 1.82) is 0 Å². The van der Waals surface area contributed by atoms with Gasteiger partial charge >= 0.3 is 0 Å². The summed E-state index contributed by atoms with van der Waals surface area (Å²) >= 11 is 0. The van der Waals surface area contributed by atoms with Crippen LogP contribution in [0.4, 0.5) is 0 Å². The van der Waals surface area contributed by atoms with Crippen molar-refractivity contribution in [2.24, 2.45) is 0 Å². The Morgan fingerprint density at radius 2 is 0.456 bits per heavy atom. The van der Waals surface area contributed by atoms with Crippen LogP contribution in [0.2, 0.25) is 0 Å². The first-order chi connectivity index (χ1) is 33.6. The van der Waals surface area contributed by atoms with E-state index in [4.69, 9.17) is 24.9 Å². The maximum absolute atomic E-state index is 5.40. The van der Waals surface area contributed by atoms with Gasteiger partial charge in [-0.05, 0) is 87.3 Å². The average Bonchev–Trinajstić information content (AvgIpc) is 3.43. The predicted octanol–water partition coefficient (Wildman–Crippen LogP) is 16.0. The molecule has 0 amide bonds. The molecule has 0 fully saturated rings. The Labute approximate surface area is 394 Å². The number of nitrogens with zero attached hydrogens (tertiary/aromatic N) is 5. The molecule has 9 aromatic carbocycles. The predicted molar refractivity (Wildman–Crippen MR) is 279 cm³/mol. The summed E-state index contributed by atoms with van der Waals surface area (Å²) < 4.78 is 0. The van der Waals surface area contributed by atoms with Gasteiger partial charge in [0.05, 0.1) is 34.2 Å². The van der Waals surface area contributed by atoms with Crippen LogP contribution in [-0.4, -0.2) is 24.9 Å². The summed E-state index contributed by atoms with van der Waals surface area (Å²) in [6, 6.07) is 86.4. The summed E-state index contributed by atoms with van der Waals surface area (Å²) in [5.41, 5.74) is 14.7. The first kappa shape index (κ1) is 40.3. The minimum Gasteiger partial charge on any atom is -0.248 e. The summed E-state index contributed by atoms with van der Waals surface area (Å²) in [4.78, 5) is 26.8. The molecule has 0 bridgehead atoms. The molecule has 3 aromatic heterocycles. The fourth-order valence-electron chi connectivity index (χ4n) is 8.92. The number of benzene rings is 9. The third-order valence-corrected chi connectivity index (χ3v) is 12.4. The number of rotatable bonds is 9. The molecule has 0 aliphatic heterocycles. The lowest BCUT2D eigenvalue weighted by Gasteiger charge is -2.15. The first-order valence-electron chi connectivity index (χ1n) is 22.8. The largest absolute Gasteiger partial charge is 0.248 e. The van der Waals surface area contributed by atoms with Crippen molar-refractivity contribution in [3.05, 3.63) is 249 Å². The second-order valence-electron chi connectivity index (χ2n) is 16.9. The summed E-state index contributed by atoms with van der Waals surface area (Å²) in [5.74, 6) is 1.18. The van der Waals surface area contributed by atoms with Gasteiger partial charge in [-0.25, -0.2) is 24.9 Å². The molecule has 68 heavy (non-hydrogen) atoms. The lowest BCUT2D eigenvalue weighted by Crippen LogP contribution is -1.99. The molecule has 318 valence electrons. The minimum atomic E-state index is 0.590. The molecule has 3 heterocycles. The number of hydrogen-bond donors (Lipinski definition) is 0. The van der Waals surface area contributed by atoms with E-state index in [1.807, 2.05) is 48.5 Å². The van der Waals surface area contributed by atoms with E-state index in [0.29, 0.717) is 11.6 Å². The zero-order valence-electron chi connectivity index (χ0n) is 36.9. The number of aromatic nitrogens is 5. The van der Waals surface area contributed by atoms with Crippen molar-refractivity contribution >= 4 is 21.5 Å². The molecule has 0 saturated carbocycles. The highest BCUT2D eigenvalue weighted by atomic mass is 14.9. The molecule has 0 aliphatic rings. The molecule has 5 nitrogen and oxygen atoms in total.